The largest absolute Gasteiger partial charge is 0.302 e. The third-order valence-corrected chi connectivity index (χ3v) is 4.31. The molecular weight excluding hydrogens is 330 g/mol. The Bertz CT molecular complexity index is 849. The first-order valence-corrected chi connectivity index (χ1v) is 8.34. The molecule has 2 N–H and O–H groups in total. The summed E-state index contributed by atoms with van der Waals surface area (Å²) in [4.78, 5) is 16.0. The lowest BCUT2D eigenvalue weighted by atomic mass is 10.1. The third kappa shape index (κ3) is 3.72. The van der Waals surface area contributed by atoms with Gasteiger partial charge in [-0.1, -0.05) is 29.8 Å². The number of hydrogen-bond acceptors (Lipinski definition) is 5. The second kappa shape index (κ2) is 6.84. The number of carbonyl (C=O) groups excluding carboxylic acids is 1. The molecule has 0 unspecified atom stereocenters. The molecule has 0 saturated heterocycles. The van der Waals surface area contributed by atoms with E-state index in [2.05, 4.69) is 20.5 Å². The molecule has 0 atom stereocenters. The number of H-pyrrole nitrogens is 1. The molecule has 0 spiro atoms. The first-order chi connectivity index (χ1) is 11.1. The Morgan fingerprint density at radius 3 is 2.87 bits per heavy atom. The van der Waals surface area contributed by atoms with Gasteiger partial charge in [-0.25, -0.2) is 4.98 Å². The lowest BCUT2D eigenvalue weighted by Crippen LogP contribution is -2.14. The summed E-state index contributed by atoms with van der Waals surface area (Å²) in [5.74, 6) is 0.634. The number of anilines is 1. The van der Waals surface area contributed by atoms with Gasteiger partial charge in [-0.3, -0.25) is 14.5 Å². The second-order valence-electron chi connectivity index (χ2n) is 5.01. The molecule has 2 aromatic heterocycles. The lowest BCUT2D eigenvalue weighted by molar-refractivity contribution is -0.116. The van der Waals surface area contributed by atoms with Crippen LogP contribution < -0.4 is 5.32 Å². The number of hydrogen-bond donors (Lipinski definition) is 2. The van der Waals surface area contributed by atoms with E-state index in [1.54, 1.807) is 6.20 Å². The van der Waals surface area contributed by atoms with Crippen LogP contribution >= 0.6 is 23.6 Å². The minimum Gasteiger partial charge on any atom is -0.302 e. The zero-order valence-corrected chi connectivity index (χ0v) is 14.1. The van der Waals surface area contributed by atoms with Crippen LogP contribution in [0.5, 0.6) is 0 Å². The summed E-state index contributed by atoms with van der Waals surface area (Å²) in [7, 11) is 0. The van der Waals surface area contributed by atoms with E-state index in [0.29, 0.717) is 22.9 Å². The van der Waals surface area contributed by atoms with Crippen LogP contribution in [0.3, 0.4) is 0 Å². The molecule has 23 heavy (non-hydrogen) atoms. The Kier molecular flexibility index (Phi) is 4.63. The number of nitrogens with zero attached hydrogens (tertiary/aromatic N) is 3. The quantitative estimate of drug-likeness (QED) is 0.695. The summed E-state index contributed by atoms with van der Waals surface area (Å²) >= 11 is 6.66. The first kappa shape index (κ1) is 15.6. The Balaban J connectivity index is 1.73. The molecular formula is C15H15N5OS2. The normalized spacial score (nSPS) is 10.7. The highest BCUT2D eigenvalue weighted by Gasteiger charge is 2.11. The molecule has 3 aromatic rings. The van der Waals surface area contributed by atoms with Gasteiger partial charge in [0.1, 0.15) is 0 Å². The van der Waals surface area contributed by atoms with Gasteiger partial charge >= 0.3 is 0 Å². The van der Waals surface area contributed by atoms with Crippen molar-refractivity contribution >= 4 is 34.6 Å². The summed E-state index contributed by atoms with van der Waals surface area (Å²) in [6.45, 7) is 2.49. The predicted octanol–water partition coefficient (Wildman–Crippen LogP) is 3.40. The first-order valence-electron chi connectivity index (χ1n) is 7.05. The maximum absolute atomic E-state index is 12.0. The van der Waals surface area contributed by atoms with Crippen molar-refractivity contribution in [3.63, 3.8) is 0 Å². The SMILES string of the molecule is Cc1ccc(-c2n[nH]c(=S)n2CCC(=O)Nc2nccs2)cc1. The molecule has 1 aromatic carbocycles. The van der Waals surface area contributed by atoms with Crippen LogP contribution in [0.15, 0.2) is 35.8 Å². The average Bonchev–Trinajstić information content (AvgIpc) is 3.16. The number of thiazole rings is 1. The van der Waals surface area contributed by atoms with Crippen LogP contribution in [-0.4, -0.2) is 25.7 Å². The number of aromatic nitrogens is 4. The van der Waals surface area contributed by atoms with Crippen LogP contribution in [0.2, 0.25) is 0 Å². The topological polar surface area (TPSA) is 75.6 Å². The van der Waals surface area contributed by atoms with E-state index in [4.69, 9.17) is 12.2 Å². The molecule has 2 heterocycles. The zero-order valence-electron chi connectivity index (χ0n) is 12.4. The van der Waals surface area contributed by atoms with Crippen LogP contribution in [0.25, 0.3) is 11.4 Å². The van der Waals surface area contributed by atoms with Gasteiger partial charge in [0.25, 0.3) is 0 Å². The third-order valence-electron chi connectivity index (χ3n) is 3.31. The van der Waals surface area contributed by atoms with Crippen molar-refractivity contribution in [2.24, 2.45) is 0 Å². The highest BCUT2D eigenvalue weighted by molar-refractivity contribution is 7.71. The maximum atomic E-state index is 12.0. The molecule has 0 aliphatic carbocycles. The lowest BCUT2D eigenvalue weighted by Gasteiger charge is -2.07. The minimum atomic E-state index is -0.0992. The highest BCUT2D eigenvalue weighted by Crippen LogP contribution is 2.18. The minimum absolute atomic E-state index is 0.0992. The number of amides is 1. The Hall–Kier alpha value is -2.32. The number of aryl methyl sites for hydroxylation is 1. The van der Waals surface area contributed by atoms with E-state index < -0.39 is 0 Å². The number of aromatic amines is 1. The maximum Gasteiger partial charge on any atom is 0.227 e. The van der Waals surface area contributed by atoms with E-state index in [9.17, 15) is 4.79 Å². The molecule has 0 aliphatic rings. The zero-order chi connectivity index (χ0) is 16.2. The van der Waals surface area contributed by atoms with Crippen LogP contribution in [-0.2, 0) is 11.3 Å². The Morgan fingerprint density at radius 2 is 2.17 bits per heavy atom. The van der Waals surface area contributed by atoms with Crippen molar-refractivity contribution in [1.29, 1.82) is 0 Å². The Labute approximate surface area is 142 Å². The van der Waals surface area contributed by atoms with Crippen molar-refractivity contribution in [1.82, 2.24) is 19.7 Å². The van der Waals surface area contributed by atoms with Crippen molar-refractivity contribution in [3.8, 4) is 11.4 Å². The summed E-state index contributed by atoms with van der Waals surface area (Å²) in [5, 5.41) is 12.2. The van der Waals surface area contributed by atoms with Crippen LogP contribution in [0, 0.1) is 11.7 Å². The Morgan fingerprint density at radius 1 is 1.39 bits per heavy atom. The molecule has 1 amide bonds. The standard InChI is InChI=1S/C15H15N5OS2/c1-10-2-4-11(5-3-10)13-18-19-15(22)20(13)8-6-12(21)17-14-16-7-9-23-14/h2-5,7,9H,6,8H2,1H3,(H,19,22)(H,16,17,21). The van der Waals surface area contributed by atoms with Gasteiger partial charge in [-0.2, -0.15) is 5.10 Å². The van der Waals surface area contributed by atoms with Crippen molar-refractivity contribution in [2.75, 3.05) is 5.32 Å². The molecule has 0 fully saturated rings. The van der Waals surface area contributed by atoms with Crippen LogP contribution in [0.4, 0.5) is 5.13 Å². The molecule has 6 nitrogen and oxygen atoms in total. The van der Waals surface area contributed by atoms with E-state index in [1.807, 2.05) is 41.1 Å². The van der Waals surface area contributed by atoms with Gasteiger partial charge in [0.15, 0.2) is 15.7 Å². The highest BCUT2D eigenvalue weighted by atomic mass is 32.1. The monoisotopic (exact) mass is 345 g/mol. The number of benzene rings is 1. The van der Waals surface area contributed by atoms with E-state index in [0.717, 1.165) is 11.4 Å². The molecule has 0 aliphatic heterocycles. The van der Waals surface area contributed by atoms with E-state index in [-0.39, 0.29) is 5.91 Å². The molecule has 118 valence electrons. The molecule has 0 saturated carbocycles. The molecule has 3 rings (SSSR count). The summed E-state index contributed by atoms with van der Waals surface area (Å²) in [6.07, 6.45) is 1.95. The van der Waals surface area contributed by atoms with Crippen molar-refractivity contribution in [3.05, 3.63) is 46.2 Å². The average molecular weight is 345 g/mol. The van der Waals surface area contributed by atoms with Gasteiger partial charge in [-0.05, 0) is 19.1 Å². The molecule has 8 heteroatoms. The van der Waals surface area contributed by atoms with Gasteiger partial charge in [0, 0.05) is 30.1 Å². The van der Waals surface area contributed by atoms with Crippen molar-refractivity contribution < 1.29 is 4.79 Å². The fourth-order valence-corrected chi connectivity index (χ4v) is 2.90. The van der Waals surface area contributed by atoms with Gasteiger partial charge in [-0.15, -0.1) is 11.3 Å². The fourth-order valence-electron chi connectivity index (χ4n) is 2.13. The molecule has 0 bridgehead atoms. The van der Waals surface area contributed by atoms with E-state index >= 15 is 0 Å². The summed E-state index contributed by atoms with van der Waals surface area (Å²) in [6, 6.07) is 8.03. The van der Waals surface area contributed by atoms with Gasteiger partial charge in [0.2, 0.25) is 5.91 Å². The smallest absolute Gasteiger partial charge is 0.227 e. The van der Waals surface area contributed by atoms with Gasteiger partial charge < -0.3 is 5.32 Å². The van der Waals surface area contributed by atoms with Gasteiger partial charge in [0.05, 0.1) is 0 Å². The fraction of sp³-hybridized carbons (Fsp3) is 0.200. The summed E-state index contributed by atoms with van der Waals surface area (Å²) in [5.41, 5.74) is 2.14. The number of nitrogens with one attached hydrogen (secondary N) is 2. The second-order valence-corrected chi connectivity index (χ2v) is 6.29. The summed E-state index contributed by atoms with van der Waals surface area (Å²) < 4.78 is 2.34. The molecule has 0 radical (unpaired) electrons. The van der Waals surface area contributed by atoms with Crippen molar-refractivity contribution in [2.45, 2.75) is 19.9 Å². The number of rotatable bonds is 5. The van der Waals surface area contributed by atoms with Crippen LogP contribution in [0.1, 0.15) is 12.0 Å². The number of carbonyl (C=O) groups is 1. The predicted molar refractivity (Wildman–Crippen MR) is 92.9 cm³/mol. The van der Waals surface area contributed by atoms with E-state index in [1.165, 1.54) is 16.9 Å².